The summed E-state index contributed by atoms with van der Waals surface area (Å²) in [6.45, 7) is 3.72. The Morgan fingerprint density at radius 1 is 1.21 bits per heavy atom. The Balaban J connectivity index is 1.86. The van der Waals surface area contributed by atoms with Crippen molar-refractivity contribution in [2.45, 2.75) is 19.9 Å². The predicted molar refractivity (Wildman–Crippen MR) is 76.7 cm³/mol. The molecule has 0 saturated carbocycles. The van der Waals surface area contributed by atoms with Crippen LogP contribution in [0, 0.1) is 12.7 Å². The first-order valence-electron chi connectivity index (χ1n) is 6.52. The molecule has 2 nitrogen and oxygen atoms in total. The first-order valence-corrected chi connectivity index (χ1v) is 6.52. The van der Waals surface area contributed by atoms with Gasteiger partial charge >= 0.3 is 0 Å². The summed E-state index contributed by atoms with van der Waals surface area (Å²) in [6, 6.07) is 11.2. The molecular weight excluding hydrogens is 239 g/mol. The second-order valence-corrected chi connectivity index (χ2v) is 5.14. The van der Waals surface area contributed by atoms with E-state index in [1.807, 2.05) is 25.1 Å². The van der Waals surface area contributed by atoms with E-state index in [1.54, 1.807) is 6.07 Å². The van der Waals surface area contributed by atoms with Crippen molar-refractivity contribution < 1.29 is 4.39 Å². The number of hydrogen-bond acceptors (Lipinski definition) is 2. The number of fused-ring (bicyclic) bond motifs is 1. The molecule has 2 N–H and O–H groups in total. The second-order valence-electron chi connectivity index (χ2n) is 5.14. The van der Waals surface area contributed by atoms with Crippen LogP contribution in [0.25, 0.3) is 0 Å². The quantitative estimate of drug-likeness (QED) is 0.835. The summed E-state index contributed by atoms with van der Waals surface area (Å²) in [5, 5.41) is 0. The van der Waals surface area contributed by atoms with Crippen molar-refractivity contribution in [2.24, 2.45) is 0 Å². The molecular formula is C16H17FN2. The number of anilines is 2. The average Bonchev–Trinajstić information content (AvgIpc) is 2.77. The molecule has 0 unspecified atom stereocenters. The van der Waals surface area contributed by atoms with Crippen LogP contribution in [0.3, 0.4) is 0 Å². The number of nitrogen functional groups attached to an aromatic ring is 1. The predicted octanol–water partition coefficient (Wildman–Crippen LogP) is 3.28. The van der Waals surface area contributed by atoms with Crippen LogP contribution in [0.4, 0.5) is 15.8 Å². The van der Waals surface area contributed by atoms with Crippen LogP contribution in [-0.2, 0) is 13.0 Å². The van der Waals surface area contributed by atoms with Crippen LogP contribution in [-0.4, -0.2) is 6.54 Å². The highest BCUT2D eigenvalue weighted by molar-refractivity contribution is 5.59. The smallest absolute Gasteiger partial charge is 0.125 e. The number of benzene rings is 2. The van der Waals surface area contributed by atoms with Crippen molar-refractivity contribution >= 4 is 11.4 Å². The average molecular weight is 256 g/mol. The van der Waals surface area contributed by atoms with Gasteiger partial charge in [-0.15, -0.1) is 0 Å². The summed E-state index contributed by atoms with van der Waals surface area (Å²) >= 11 is 0. The molecule has 0 saturated heterocycles. The van der Waals surface area contributed by atoms with Crippen LogP contribution in [0.2, 0.25) is 0 Å². The van der Waals surface area contributed by atoms with Crippen LogP contribution >= 0.6 is 0 Å². The van der Waals surface area contributed by atoms with Gasteiger partial charge in [-0.2, -0.15) is 0 Å². The summed E-state index contributed by atoms with van der Waals surface area (Å²) in [5.74, 6) is -0.172. The van der Waals surface area contributed by atoms with Gasteiger partial charge in [-0.25, -0.2) is 4.39 Å². The van der Waals surface area contributed by atoms with Crippen molar-refractivity contribution in [3.05, 3.63) is 58.9 Å². The van der Waals surface area contributed by atoms with E-state index in [0.717, 1.165) is 36.4 Å². The lowest BCUT2D eigenvalue weighted by Crippen LogP contribution is -2.19. The SMILES string of the molecule is Cc1ccc(CN2CCc3ccc(F)cc32)cc1N. The van der Waals surface area contributed by atoms with Crippen molar-refractivity contribution in [3.63, 3.8) is 0 Å². The number of aryl methyl sites for hydroxylation is 1. The standard InChI is InChI=1S/C16H17FN2/c1-11-2-3-12(8-15(11)18)10-19-7-6-13-4-5-14(17)9-16(13)19/h2-5,8-9H,6-7,10,18H2,1H3. The molecule has 0 amide bonds. The lowest BCUT2D eigenvalue weighted by atomic mass is 10.1. The van der Waals surface area contributed by atoms with Gasteiger partial charge in [-0.3, -0.25) is 0 Å². The molecule has 0 atom stereocenters. The van der Waals surface area contributed by atoms with Gasteiger partial charge in [0.05, 0.1) is 0 Å². The molecule has 3 heteroatoms. The van der Waals surface area contributed by atoms with E-state index in [4.69, 9.17) is 5.73 Å². The summed E-state index contributed by atoms with van der Waals surface area (Å²) in [5.41, 5.74) is 11.2. The van der Waals surface area contributed by atoms with E-state index in [0.29, 0.717) is 0 Å². The number of halogens is 1. The molecule has 3 rings (SSSR count). The zero-order valence-corrected chi connectivity index (χ0v) is 11.0. The zero-order chi connectivity index (χ0) is 13.4. The van der Waals surface area contributed by atoms with E-state index in [-0.39, 0.29) is 5.82 Å². The Labute approximate surface area is 112 Å². The molecule has 1 aliphatic heterocycles. The molecule has 0 aromatic heterocycles. The Kier molecular flexibility index (Phi) is 2.90. The minimum absolute atomic E-state index is 0.172. The Bertz CT molecular complexity index is 622. The van der Waals surface area contributed by atoms with E-state index < -0.39 is 0 Å². The normalized spacial score (nSPS) is 13.7. The number of rotatable bonds is 2. The topological polar surface area (TPSA) is 29.3 Å². The van der Waals surface area contributed by atoms with Gasteiger partial charge in [-0.1, -0.05) is 18.2 Å². The molecule has 0 spiro atoms. The zero-order valence-electron chi connectivity index (χ0n) is 11.0. The van der Waals surface area contributed by atoms with E-state index in [2.05, 4.69) is 11.0 Å². The summed E-state index contributed by atoms with van der Waals surface area (Å²) in [7, 11) is 0. The van der Waals surface area contributed by atoms with Gasteiger partial charge in [-0.05, 0) is 48.2 Å². The minimum atomic E-state index is -0.172. The van der Waals surface area contributed by atoms with Gasteiger partial charge in [0.25, 0.3) is 0 Å². The Morgan fingerprint density at radius 2 is 2.05 bits per heavy atom. The minimum Gasteiger partial charge on any atom is -0.399 e. The van der Waals surface area contributed by atoms with E-state index >= 15 is 0 Å². The fourth-order valence-corrected chi connectivity index (χ4v) is 2.59. The maximum Gasteiger partial charge on any atom is 0.125 e. The lowest BCUT2D eigenvalue weighted by Gasteiger charge is -2.20. The number of nitrogens with two attached hydrogens (primary N) is 1. The first-order chi connectivity index (χ1) is 9.13. The molecule has 0 bridgehead atoms. The Hall–Kier alpha value is -2.03. The highest BCUT2D eigenvalue weighted by Crippen LogP contribution is 2.30. The molecule has 1 aliphatic rings. The molecule has 1 heterocycles. The van der Waals surface area contributed by atoms with Crippen LogP contribution < -0.4 is 10.6 Å². The van der Waals surface area contributed by atoms with Crippen molar-refractivity contribution in [1.29, 1.82) is 0 Å². The lowest BCUT2D eigenvalue weighted by molar-refractivity contribution is 0.627. The van der Waals surface area contributed by atoms with Crippen LogP contribution in [0.1, 0.15) is 16.7 Å². The number of hydrogen-bond donors (Lipinski definition) is 1. The molecule has 0 radical (unpaired) electrons. The van der Waals surface area contributed by atoms with Gasteiger partial charge < -0.3 is 10.6 Å². The molecule has 2 aromatic carbocycles. The third-order valence-electron chi connectivity index (χ3n) is 3.76. The van der Waals surface area contributed by atoms with Gasteiger partial charge in [0.2, 0.25) is 0 Å². The second kappa shape index (κ2) is 4.57. The molecule has 2 aromatic rings. The third-order valence-corrected chi connectivity index (χ3v) is 3.76. The third kappa shape index (κ3) is 2.28. The van der Waals surface area contributed by atoms with E-state index in [9.17, 15) is 4.39 Å². The first kappa shape index (κ1) is 12.0. The van der Waals surface area contributed by atoms with Crippen molar-refractivity contribution in [1.82, 2.24) is 0 Å². The largest absolute Gasteiger partial charge is 0.399 e. The summed E-state index contributed by atoms with van der Waals surface area (Å²) < 4.78 is 13.3. The maximum atomic E-state index is 13.3. The van der Waals surface area contributed by atoms with E-state index in [1.165, 1.54) is 17.2 Å². The van der Waals surface area contributed by atoms with Gasteiger partial charge in [0.15, 0.2) is 0 Å². The number of nitrogens with zero attached hydrogens (tertiary/aromatic N) is 1. The fourth-order valence-electron chi connectivity index (χ4n) is 2.59. The van der Waals surface area contributed by atoms with Gasteiger partial charge in [0.1, 0.15) is 5.82 Å². The molecule has 0 aliphatic carbocycles. The molecule has 19 heavy (non-hydrogen) atoms. The van der Waals surface area contributed by atoms with Crippen molar-refractivity contribution in [2.75, 3.05) is 17.2 Å². The van der Waals surface area contributed by atoms with Crippen LogP contribution in [0.15, 0.2) is 36.4 Å². The summed E-state index contributed by atoms with van der Waals surface area (Å²) in [4.78, 5) is 2.21. The fraction of sp³-hybridized carbons (Fsp3) is 0.250. The molecule has 0 fully saturated rings. The highest BCUT2D eigenvalue weighted by Gasteiger charge is 2.19. The maximum absolute atomic E-state index is 13.3. The monoisotopic (exact) mass is 256 g/mol. The highest BCUT2D eigenvalue weighted by atomic mass is 19.1. The molecule has 98 valence electrons. The summed E-state index contributed by atoms with van der Waals surface area (Å²) in [6.07, 6.45) is 0.983. The Morgan fingerprint density at radius 3 is 2.84 bits per heavy atom. The van der Waals surface area contributed by atoms with Crippen LogP contribution in [0.5, 0.6) is 0 Å². The van der Waals surface area contributed by atoms with Gasteiger partial charge in [0, 0.05) is 24.5 Å². The van der Waals surface area contributed by atoms with Crippen molar-refractivity contribution in [3.8, 4) is 0 Å².